The van der Waals surface area contributed by atoms with Gasteiger partial charge in [-0.1, -0.05) is 35.2 Å². The van der Waals surface area contributed by atoms with Crippen molar-refractivity contribution in [1.29, 1.82) is 0 Å². The molecule has 0 aliphatic carbocycles. The highest BCUT2D eigenvalue weighted by Gasteiger charge is 2.11. The molecule has 0 N–H and O–H groups in total. The summed E-state index contributed by atoms with van der Waals surface area (Å²) < 4.78 is 3.32. The van der Waals surface area contributed by atoms with Gasteiger partial charge in [0.25, 0.3) is 0 Å². The summed E-state index contributed by atoms with van der Waals surface area (Å²) in [4.78, 5) is 11.8. The highest BCUT2D eigenvalue weighted by atomic mass is 32.2. The lowest BCUT2D eigenvalue weighted by molar-refractivity contribution is -0.117. The molecule has 0 aliphatic rings. The van der Waals surface area contributed by atoms with Gasteiger partial charge in [0, 0.05) is 12.2 Å². The molecule has 1 aromatic carbocycles. The van der Waals surface area contributed by atoms with Gasteiger partial charge in [0.2, 0.25) is 4.96 Å². The molecule has 4 nitrogen and oxygen atoms in total. The van der Waals surface area contributed by atoms with Crippen LogP contribution in [0, 0.1) is 0 Å². The number of thioether (sulfide) groups is 1. The van der Waals surface area contributed by atoms with Gasteiger partial charge in [-0.15, -0.1) is 10.2 Å². The van der Waals surface area contributed by atoms with E-state index in [1.165, 1.54) is 4.70 Å². The Morgan fingerprint density at radius 3 is 3.05 bits per heavy atom. The first-order valence-corrected chi connectivity index (χ1v) is 7.91. The fourth-order valence-corrected chi connectivity index (χ4v) is 3.84. The van der Waals surface area contributed by atoms with Gasteiger partial charge in [0.15, 0.2) is 5.16 Å². The maximum Gasteiger partial charge on any atom is 0.217 e. The molecule has 2 aromatic heterocycles. The molecule has 0 saturated carbocycles. The number of benzene rings is 1. The largest absolute Gasteiger partial charge is 0.300 e. The number of hydrogen-bond acceptors (Lipinski definition) is 5. The number of ketones is 1. The van der Waals surface area contributed by atoms with Crippen LogP contribution >= 0.6 is 23.1 Å². The van der Waals surface area contributed by atoms with Crippen molar-refractivity contribution in [3.8, 4) is 0 Å². The molecule has 19 heavy (non-hydrogen) atoms. The first-order valence-electron chi connectivity index (χ1n) is 6.10. The van der Waals surface area contributed by atoms with Gasteiger partial charge in [0.05, 0.1) is 10.2 Å². The number of carbonyl (C=O) groups excluding carboxylic acids is 1. The lowest BCUT2D eigenvalue weighted by Gasteiger charge is -1.98. The molecule has 0 aliphatic heterocycles. The van der Waals surface area contributed by atoms with E-state index in [0.717, 1.165) is 27.8 Å². The van der Waals surface area contributed by atoms with E-state index in [1.54, 1.807) is 30.0 Å². The van der Waals surface area contributed by atoms with Crippen LogP contribution in [0.15, 0.2) is 29.4 Å². The molecule has 3 rings (SSSR count). The molecular formula is C13H13N3OS2. The number of hydrogen-bond donors (Lipinski definition) is 0. The minimum absolute atomic E-state index is 0.243. The van der Waals surface area contributed by atoms with Crippen molar-refractivity contribution >= 4 is 44.1 Å². The van der Waals surface area contributed by atoms with Crippen LogP contribution in [0.2, 0.25) is 0 Å². The highest BCUT2D eigenvalue weighted by Crippen LogP contribution is 2.29. The van der Waals surface area contributed by atoms with Crippen LogP contribution in [-0.2, 0) is 4.79 Å². The van der Waals surface area contributed by atoms with Crippen LogP contribution in [-0.4, -0.2) is 26.1 Å². The molecule has 0 fully saturated rings. The minimum atomic E-state index is 0.243. The summed E-state index contributed by atoms with van der Waals surface area (Å²) >= 11 is 3.31. The second-order valence-corrected chi connectivity index (χ2v) is 6.40. The van der Waals surface area contributed by atoms with Crippen LogP contribution in [0.1, 0.15) is 19.8 Å². The van der Waals surface area contributed by atoms with E-state index in [4.69, 9.17) is 0 Å². The molecule has 0 atom stereocenters. The molecule has 0 unspecified atom stereocenters. The number of Topliss-reactive ketones (excluding diaryl/α,β-unsaturated/α-hetero) is 1. The summed E-state index contributed by atoms with van der Waals surface area (Å²) in [6, 6.07) is 8.24. The molecule has 0 radical (unpaired) electrons. The summed E-state index contributed by atoms with van der Waals surface area (Å²) in [5, 5.41) is 9.35. The predicted molar refractivity (Wildman–Crippen MR) is 79.0 cm³/mol. The summed E-state index contributed by atoms with van der Waals surface area (Å²) in [6.45, 7) is 1.63. The molecule has 0 saturated heterocycles. The van der Waals surface area contributed by atoms with Crippen molar-refractivity contribution < 1.29 is 4.79 Å². The van der Waals surface area contributed by atoms with E-state index in [-0.39, 0.29) is 5.78 Å². The quantitative estimate of drug-likeness (QED) is 0.534. The van der Waals surface area contributed by atoms with Crippen LogP contribution in [0.25, 0.3) is 15.2 Å². The molecule has 98 valence electrons. The summed E-state index contributed by atoms with van der Waals surface area (Å²) in [5.74, 6) is 1.14. The van der Waals surface area contributed by atoms with Gasteiger partial charge in [0.1, 0.15) is 5.78 Å². The molecule has 0 bridgehead atoms. The zero-order valence-corrected chi connectivity index (χ0v) is 12.1. The van der Waals surface area contributed by atoms with Crippen LogP contribution < -0.4 is 0 Å². The molecule has 2 heterocycles. The number of carbonyl (C=O) groups is 1. The van der Waals surface area contributed by atoms with Crippen molar-refractivity contribution in [1.82, 2.24) is 14.6 Å². The second kappa shape index (κ2) is 5.30. The Hall–Kier alpha value is -1.40. The third-order valence-corrected chi connectivity index (χ3v) is 4.84. The third kappa shape index (κ3) is 2.50. The van der Waals surface area contributed by atoms with Gasteiger partial charge in [-0.3, -0.25) is 4.40 Å². The molecule has 0 amide bonds. The fourth-order valence-electron chi connectivity index (χ4n) is 1.93. The maximum absolute atomic E-state index is 10.9. The molecular weight excluding hydrogens is 278 g/mol. The Kier molecular flexibility index (Phi) is 3.52. The summed E-state index contributed by atoms with van der Waals surface area (Å²) in [7, 11) is 0. The van der Waals surface area contributed by atoms with Crippen LogP contribution in [0.3, 0.4) is 0 Å². The monoisotopic (exact) mass is 291 g/mol. The Bertz CT molecular complexity index is 732. The predicted octanol–water partition coefficient (Wildman–Crippen LogP) is 3.41. The highest BCUT2D eigenvalue weighted by molar-refractivity contribution is 7.99. The molecule has 3 aromatic rings. The number of para-hydroxylation sites is 1. The van der Waals surface area contributed by atoms with Crippen molar-refractivity contribution in [2.75, 3.05) is 5.75 Å². The van der Waals surface area contributed by atoms with E-state index >= 15 is 0 Å². The van der Waals surface area contributed by atoms with Crippen molar-refractivity contribution in [3.63, 3.8) is 0 Å². The number of aromatic nitrogens is 3. The van der Waals surface area contributed by atoms with Gasteiger partial charge in [-0.2, -0.15) is 0 Å². The van der Waals surface area contributed by atoms with E-state index in [1.807, 2.05) is 12.1 Å². The Balaban J connectivity index is 1.85. The van der Waals surface area contributed by atoms with Crippen molar-refractivity contribution in [3.05, 3.63) is 24.3 Å². The Morgan fingerprint density at radius 2 is 2.21 bits per heavy atom. The van der Waals surface area contributed by atoms with Gasteiger partial charge < -0.3 is 4.79 Å². The standard InChI is InChI=1S/C13H13N3OS2/c1-9(17)5-4-8-18-12-14-15-13-16(12)10-6-2-3-7-11(10)19-13/h2-3,6-7H,4-5,8H2,1H3. The normalized spacial score (nSPS) is 11.4. The summed E-state index contributed by atoms with van der Waals surface area (Å²) in [5.41, 5.74) is 1.15. The maximum atomic E-state index is 10.9. The minimum Gasteiger partial charge on any atom is -0.300 e. The first kappa shape index (κ1) is 12.6. The average molecular weight is 291 g/mol. The average Bonchev–Trinajstić information content (AvgIpc) is 2.93. The number of rotatable bonds is 5. The number of thiazole rings is 1. The topological polar surface area (TPSA) is 47.3 Å². The Morgan fingerprint density at radius 1 is 1.37 bits per heavy atom. The van der Waals surface area contributed by atoms with Gasteiger partial charge in [-0.25, -0.2) is 0 Å². The van der Waals surface area contributed by atoms with E-state index < -0.39 is 0 Å². The van der Waals surface area contributed by atoms with E-state index in [9.17, 15) is 4.79 Å². The molecule has 6 heteroatoms. The third-order valence-electron chi connectivity index (χ3n) is 2.82. The van der Waals surface area contributed by atoms with E-state index in [2.05, 4.69) is 26.7 Å². The van der Waals surface area contributed by atoms with Crippen LogP contribution in [0.4, 0.5) is 0 Å². The first-order chi connectivity index (χ1) is 9.25. The zero-order chi connectivity index (χ0) is 13.2. The number of fused-ring (bicyclic) bond motifs is 3. The smallest absolute Gasteiger partial charge is 0.217 e. The second-order valence-electron chi connectivity index (χ2n) is 4.32. The lowest BCUT2D eigenvalue weighted by atomic mass is 10.3. The van der Waals surface area contributed by atoms with E-state index in [0.29, 0.717) is 6.42 Å². The lowest BCUT2D eigenvalue weighted by Crippen LogP contribution is -1.92. The van der Waals surface area contributed by atoms with Crippen molar-refractivity contribution in [2.24, 2.45) is 0 Å². The fraction of sp³-hybridized carbons (Fsp3) is 0.308. The molecule has 0 spiro atoms. The van der Waals surface area contributed by atoms with Crippen molar-refractivity contribution in [2.45, 2.75) is 24.9 Å². The SMILES string of the molecule is CC(=O)CCCSc1nnc2sc3ccccc3n12. The van der Waals surface area contributed by atoms with Gasteiger partial charge in [-0.05, 0) is 25.5 Å². The Labute approximate surface area is 118 Å². The summed E-state index contributed by atoms with van der Waals surface area (Å²) in [6.07, 6.45) is 1.52. The van der Waals surface area contributed by atoms with Crippen LogP contribution in [0.5, 0.6) is 0 Å². The van der Waals surface area contributed by atoms with Gasteiger partial charge >= 0.3 is 0 Å². The number of nitrogens with zero attached hydrogens (tertiary/aromatic N) is 3. The zero-order valence-electron chi connectivity index (χ0n) is 10.5.